The lowest BCUT2D eigenvalue weighted by Gasteiger charge is -2.20. The molecule has 1 rings (SSSR count). The standard InChI is InChI=1S/C15H20FNO6S/c1-15(2,3)24(21,22)8-12(18)17-13(14(19)20)9-5-6-11(23-4)10(16)7-9/h5-7,13H,8H2,1-4H3,(H,17,18)(H,19,20). The predicted molar refractivity (Wildman–Crippen MR) is 85.0 cm³/mol. The van der Waals surface area contributed by atoms with Crippen molar-refractivity contribution in [1.82, 2.24) is 5.32 Å². The van der Waals surface area contributed by atoms with Crippen LogP contribution in [-0.2, 0) is 19.4 Å². The van der Waals surface area contributed by atoms with Gasteiger partial charge in [-0.05, 0) is 38.5 Å². The summed E-state index contributed by atoms with van der Waals surface area (Å²) in [7, 11) is -2.51. The number of halogens is 1. The van der Waals surface area contributed by atoms with E-state index in [0.29, 0.717) is 0 Å². The van der Waals surface area contributed by atoms with E-state index in [-0.39, 0.29) is 11.3 Å². The zero-order chi connectivity index (χ0) is 18.7. The molecule has 0 radical (unpaired) electrons. The number of ether oxygens (including phenoxy) is 1. The lowest BCUT2D eigenvalue weighted by molar-refractivity contribution is -0.141. The number of carbonyl (C=O) groups excluding carboxylic acids is 1. The Labute approximate surface area is 139 Å². The molecule has 24 heavy (non-hydrogen) atoms. The van der Waals surface area contributed by atoms with Gasteiger partial charge >= 0.3 is 5.97 Å². The number of benzene rings is 1. The van der Waals surface area contributed by atoms with E-state index >= 15 is 0 Å². The van der Waals surface area contributed by atoms with Gasteiger partial charge < -0.3 is 15.2 Å². The van der Waals surface area contributed by atoms with Crippen molar-refractivity contribution < 1.29 is 32.2 Å². The van der Waals surface area contributed by atoms with Crippen molar-refractivity contribution in [2.75, 3.05) is 12.9 Å². The van der Waals surface area contributed by atoms with Gasteiger partial charge in [0.1, 0.15) is 5.75 Å². The van der Waals surface area contributed by atoms with Gasteiger partial charge in [0.05, 0.1) is 11.9 Å². The smallest absolute Gasteiger partial charge is 0.330 e. The fourth-order valence-corrected chi connectivity index (χ4v) is 2.60. The number of carboxylic acids is 1. The largest absolute Gasteiger partial charge is 0.494 e. The van der Waals surface area contributed by atoms with Gasteiger partial charge in [0.2, 0.25) is 5.91 Å². The molecule has 7 nitrogen and oxygen atoms in total. The number of sulfone groups is 1. The lowest BCUT2D eigenvalue weighted by Crippen LogP contribution is -2.41. The van der Waals surface area contributed by atoms with Crippen LogP contribution in [0.3, 0.4) is 0 Å². The second-order valence-electron chi connectivity index (χ2n) is 6.10. The number of hydrogen-bond donors (Lipinski definition) is 2. The van der Waals surface area contributed by atoms with Crippen molar-refractivity contribution in [2.45, 2.75) is 31.6 Å². The normalized spacial score (nSPS) is 13.2. The molecular weight excluding hydrogens is 341 g/mol. The molecule has 0 saturated carbocycles. The third-order valence-electron chi connectivity index (χ3n) is 3.32. The number of methoxy groups -OCH3 is 1. The third kappa shape index (κ3) is 4.67. The molecular formula is C15H20FNO6S. The van der Waals surface area contributed by atoms with Gasteiger partial charge in [0.25, 0.3) is 0 Å². The Morgan fingerprint density at radius 3 is 2.33 bits per heavy atom. The number of carbonyl (C=O) groups is 2. The van der Waals surface area contributed by atoms with E-state index < -0.39 is 44.1 Å². The van der Waals surface area contributed by atoms with Crippen molar-refractivity contribution in [3.63, 3.8) is 0 Å². The van der Waals surface area contributed by atoms with Gasteiger partial charge in [0, 0.05) is 0 Å². The first-order valence-corrected chi connectivity index (χ1v) is 8.62. The molecule has 0 saturated heterocycles. The Kier molecular flexibility index (Phi) is 5.94. The van der Waals surface area contributed by atoms with E-state index in [2.05, 4.69) is 5.32 Å². The number of amides is 1. The average molecular weight is 361 g/mol. The highest BCUT2D eigenvalue weighted by molar-refractivity contribution is 7.93. The van der Waals surface area contributed by atoms with Crippen molar-refractivity contribution in [3.8, 4) is 5.75 Å². The summed E-state index contributed by atoms with van der Waals surface area (Å²) in [4.78, 5) is 23.3. The second-order valence-corrected chi connectivity index (χ2v) is 8.85. The first kappa shape index (κ1) is 19.9. The van der Waals surface area contributed by atoms with Crippen molar-refractivity contribution in [2.24, 2.45) is 0 Å². The Bertz CT molecular complexity index is 739. The number of carboxylic acid groups (broad SMARTS) is 1. The van der Waals surface area contributed by atoms with E-state index in [1.165, 1.54) is 40.0 Å². The first-order valence-electron chi connectivity index (χ1n) is 6.97. The van der Waals surface area contributed by atoms with Crippen LogP contribution >= 0.6 is 0 Å². The molecule has 0 aliphatic heterocycles. The quantitative estimate of drug-likeness (QED) is 0.790. The monoisotopic (exact) mass is 361 g/mol. The van der Waals surface area contributed by atoms with E-state index in [0.717, 1.165) is 6.07 Å². The third-order valence-corrected chi connectivity index (χ3v) is 5.82. The minimum absolute atomic E-state index is 0.0395. The highest BCUT2D eigenvalue weighted by Crippen LogP contribution is 2.22. The van der Waals surface area contributed by atoms with Crippen LogP contribution in [-0.4, -0.2) is 43.0 Å². The highest BCUT2D eigenvalue weighted by atomic mass is 32.2. The maximum Gasteiger partial charge on any atom is 0.330 e. The summed E-state index contributed by atoms with van der Waals surface area (Å²) in [5.74, 6) is -4.16. The van der Waals surface area contributed by atoms with Crippen LogP contribution in [0.1, 0.15) is 32.4 Å². The van der Waals surface area contributed by atoms with E-state index in [4.69, 9.17) is 4.74 Å². The maximum atomic E-state index is 13.7. The molecule has 0 spiro atoms. The van der Waals surface area contributed by atoms with Crippen molar-refractivity contribution in [1.29, 1.82) is 0 Å². The number of hydrogen-bond acceptors (Lipinski definition) is 5. The molecule has 0 bridgehead atoms. The number of aliphatic carboxylic acids is 1. The summed E-state index contributed by atoms with van der Waals surface area (Å²) < 4.78 is 41.3. The van der Waals surface area contributed by atoms with E-state index in [1.807, 2.05) is 0 Å². The Morgan fingerprint density at radius 2 is 1.92 bits per heavy atom. The van der Waals surface area contributed by atoms with Crippen LogP contribution in [0.4, 0.5) is 4.39 Å². The number of rotatable bonds is 6. The molecule has 0 fully saturated rings. The van der Waals surface area contributed by atoms with Crippen molar-refractivity contribution in [3.05, 3.63) is 29.6 Å². The molecule has 0 aliphatic carbocycles. The van der Waals surface area contributed by atoms with Gasteiger partial charge in [-0.15, -0.1) is 0 Å². The average Bonchev–Trinajstić information content (AvgIpc) is 2.42. The van der Waals surface area contributed by atoms with Gasteiger partial charge in [-0.25, -0.2) is 17.6 Å². The zero-order valence-electron chi connectivity index (χ0n) is 13.8. The van der Waals surface area contributed by atoms with E-state index in [9.17, 15) is 27.5 Å². The van der Waals surface area contributed by atoms with E-state index in [1.54, 1.807) is 0 Å². The van der Waals surface area contributed by atoms with Gasteiger partial charge in [-0.1, -0.05) is 6.07 Å². The maximum absolute atomic E-state index is 13.7. The molecule has 0 aromatic heterocycles. The summed E-state index contributed by atoms with van der Waals surface area (Å²) in [6.45, 7) is 4.30. The van der Waals surface area contributed by atoms with Gasteiger partial charge in [0.15, 0.2) is 27.4 Å². The SMILES string of the molecule is COc1ccc(C(NC(=O)CS(=O)(=O)C(C)(C)C)C(=O)O)cc1F. The fraction of sp³-hybridized carbons (Fsp3) is 0.467. The second kappa shape index (κ2) is 7.16. The molecule has 134 valence electrons. The van der Waals surface area contributed by atoms with Crippen molar-refractivity contribution >= 4 is 21.7 Å². The Balaban J connectivity index is 3.01. The highest BCUT2D eigenvalue weighted by Gasteiger charge is 2.33. The topological polar surface area (TPSA) is 110 Å². The molecule has 0 aliphatic rings. The molecule has 1 amide bonds. The minimum atomic E-state index is -3.77. The summed E-state index contributed by atoms with van der Waals surface area (Å²) in [5, 5.41) is 11.3. The predicted octanol–water partition coefficient (Wildman–Crippen LogP) is 1.29. The fourth-order valence-electron chi connectivity index (χ4n) is 1.74. The van der Waals surface area contributed by atoms with Crippen LogP contribution in [0.25, 0.3) is 0 Å². The van der Waals surface area contributed by atoms with Crippen LogP contribution in [0.15, 0.2) is 18.2 Å². The zero-order valence-corrected chi connectivity index (χ0v) is 14.6. The van der Waals surface area contributed by atoms with Crippen LogP contribution in [0.5, 0.6) is 5.75 Å². The Morgan fingerprint density at radius 1 is 1.33 bits per heavy atom. The summed E-state index contributed by atoms with van der Waals surface area (Å²) >= 11 is 0. The molecule has 1 atom stereocenters. The molecule has 1 unspecified atom stereocenters. The minimum Gasteiger partial charge on any atom is -0.494 e. The summed E-state index contributed by atoms with van der Waals surface area (Å²) in [6, 6.07) is 1.83. The van der Waals surface area contributed by atoms with Gasteiger partial charge in [-0.2, -0.15) is 0 Å². The van der Waals surface area contributed by atoms with Gasteiger partial charge in [-0.3, -0.25) is 4.79 Å². The number of nitrogens with one attached hydrogen (secondary N) is 1. The van der Waals surface area contributed by atoms with Crippen LogP contribution in [0.2, 0.25) is 0 Å². The molecule has 0 heterocycles. The first-order chi connectivity index (χ1) is 10.9. The summed E-state index contributed by atoms with van der Waals surface area (Å²) in [6.07, 6.45) is 0. The molecule has 1 aromatic rings. The molecule has 1 aromatic carbocycles. The Hall–Kier alpha value is -2.16. The summed E-state index contributed by atoms with van der Waals surface area (Å²) in [5.41, 5.74) is -0.0395. The van der Waals surface area contributed by atoms with Crippen LogP contribution in [0, 0.1) is 5.82 Å². The van der Waals surface area contributed by atoms with Crippen LogP contribution < -0.4 is 10.1 Å². The lowest BCUT2D eigenvalue weighted by atomic mass is 10.1. The molecule has 2 N–H and O–H groups in total. The molecule has 9 heteroatoms.